The Balaban J connectivity index is 1.95. The van der Waals surface area contributed by atoms with Crippen LogP contribution in [0.15, 0.2) is 0 Å². The smallest absolute Gasteiger partial charge is 0.302 e. The van der Waals surface area contributed by atoms with Gasteiger partial charge < -0.3 is 9.47 Å². The van der Waals surface area contributed by atoms with E-state index in [1.54, 1.807) is 0 Å². The van der Waals surface area contributed by atoms with Crippen molar-refractivity contribution in [2.24, 2.45) is 0 Å². The molecule has 0 saturated carbocycles. The van der Waals surface area contributed by atoms with Crippen LogP contribution in [0.1, 0.15) is 53.4 Å². The zero-order chi connectivity index (χ0) is 14.1. The van der Waals surface area contributed by atoms with E-state index >= 15 is 0 Å². The number of fused-ring (bicyclic) bond motifs is 1. The molecule has 0 N–H and O–H groups in total. The third kappa shape index (κ3) is 3.48. The minimum Gasteiger partial charge on any atom is -0.464 e. The van der Waals surface area contributed by atoms with E-state index in [2.05, 4.69) is 25.7 Å². The molecule has 2 heterocycles. The van der Waals surface area contributed by atoms with Gasteiger partial charge in [-0.1, -0.05) is 0 Å². The molecule has 2 aliphatic rings. The summed E-state index contributed by atoms with van der Waals surface area (Å²) in [5.41, 5.74) is 0.106. The maximum absolute atomic E-state index is 11.0. The van der Waals surface area contributed by atoms with Crippen molar-refractivity contribution in [2.75, 3.05) is 19.8 Å². The van der Waals surface area contributed by atoms with Crippen molar-refractivity contribution < 1.29 is 14.3 Å². The number of nitrogens with zero attached hydrogens (tertiary/aromatic N) is 1. The Morgan fingerprint density at radius 1 is 1.37 bits per heavy atom. The van der Waals surface area contributed by atoms with Crippen molar-refractivity contribution in [2.45, 2.75) is 70.6 Å². The monoisotopic (exact) mass is 269 g/mol. The number of esters is 1. The number of ether oxygens (including phenoxy) is 2. The van der Waals surface area contributed by atoms with Crippen LogP contribution in [0.4, 0.5) is 0 Å². The first-order valence-electron chi connectivity index (χ1n) is 7.36. The lowest BCUT2D eigenvalue weighted by molar-refractivity contribution is -0.143. The van der Waals surface area contributed by atoms with Crippen molar-refractivity contribution in [1.82, 2.24) is 4.90 Å². The molecule has 2 rings (SSSR count). The maximum atomic E-state index is 11.0. The molecule has 0 aromatic rings. The second kappa shape index (κ2) is 5.41. The van der Waals surface area contributed by atoms with Gasteiger partial charge in [-0.2, -0.15) is 0 Å². The summed E-state index contributed by atoms with van der Waals surface area (Å²) in [5, 5.41) is 0. The van der Waals surface area contributed by atoms with Crippen molar-refractivity contribution >= 4 is 5.97 Å². The van der Waals surface area contributed by atoms with Gasteiger partial charge in [0.1, 0.15) is 6.61 Å². The molecule has 0 bridgehead atoms. The molecular formula is C15H27NO3. The van der Waals surface area contributed by atoms with Crippen LogP contribution in [0, 0.1) is 0 Å². The van der Waals surface area contributed by atoms with E-state index in [4.69, 9.17) is 9.47 Å². The van der Waals surface area contributed by atoms with Crippen LogP contribution < -0.4 is 0 Å². The molecule has 2 atom stereocenters. The van der Waals surface area contributed by atoms with Gasteiger partial charge in [0.05, 0.1) is 12.2 Å². The summed E-state index contributed by atoms with van der Waals surface area (Å²) < 4.78 is 11.2. The maximum Gasteiger partial charge on any atom is 0.302 e. The molecule has 2 fully saturated rings. The Labute approximate surface area is 116 Å². The molecule has 4 heteroatoms. The predicted molar refractivity (Wildman–Crippen MR) is 74.0 cm³/mol. The fraction of sp³-hybridized carbons (Fsp3) is 0.933. The fourth-order valence-electron chi connectivity index (χ4n) is 3.35. The van der Waals surface area contributed by atoms with Crippen molar-refractivity contribution in [1.29, 1.82) is 0 Å². The van der Waals surface area contributed by atoms with E-state index in [-0.39, 0.29) is 17.1 Å². The van der Waals surface area contributed by atoms with Gasteiger partial charge in [0, 0.05) is 18.5 Å². The van der Waals surface area contributed by atoms with Crippen molar-refractivity contribution in [3.8, 4) is 0 Å². The lowest BCUT2D eigenvalue weighted by Gasteiger charge is -2.37. The minimum absolute atomic E-state index is 0.0863. The van der Waals surface area contributed by atoms with E-state index in [1.807, 2.05) is 0 Å². The van der Waals surface area contributed by atoms with E-state index in [1.165, 1.54) is 19.8 Å². The third-order valence-electron chi connectivity index (χ3n) is 4.29. The van der Waals surface area contributed by atoms with Crippen molar-refractivity contribution in [3.63, 3.8) is 0 Å². The van der Waals surface area contributed by atoms with E-state index in [0.29, 0.717) is 12.6 Å². The van der Waals surface area contributed by atoms with E-state index in [0.717, 1.165) is 26.0 Å². The van der Waals surface area contributed by atoms with Gasteiger partial charge in [-0.15, -0.1) is 0 Å². The van der Waals surface area contributed by atoms with Gasteiger partial charge in [-0.3, -0.25) is 9.69 Å². The highest BCUT2D eigenvalue weighted by Gasteiger charge is 2.49. The fourth-order valence-corrected chi connectivity index (χ4v) is 3.35. The molecule has 0 amide bonds. The SMILES string of the molecule is CC(=O)OC[C@H]1CC[C@]2(COC(C)(C)C)CCCN12. The Kier molecular flexibility index (Phi) is 4.21. The molecule has 110 valence electrons. The highest BCUT2D eigenvalue weighted by atomic mass is 16.5. The topological polar surface area (TPSA) is 38.8 Å². The van der Waals surface area contributed by atoms with Crippen LogP contribution >= 0.6 is 0 Å². The number of rotatable bonds is 4. The Morgan fingerprint density at radius 2 is 2.11 bits per heavy atom. The molecule has 0 radical (unpaired) electrons. The van der Waals surface area contributed by atoms with Crippen LogP contribution in [0.3, 0.4) is 0 Å². The number of hydrogen-bond acceptors (Lipinski definition) is 4. The summed E-state index contributed by atoms with van der Waals surface area (Å²) in [4.78, 5) is 13.5. The zero-order valence-electron chi connectivity index (χ0n) is 12.7. The van der Waals surface area contributed by atoms with Crippen LogP contribution in [-0.2, 0) is 14.3 Å². The molecule has 0 spiro atoms. The molecule has 0 aromatic heterocycles. The number of hydrogen-bond donors (Lipinski definition) is 0. The summed E-state index contributed by atoms with van der Waals surface area (Å²) in [5.74, 6) is -0.178. The van der Waals surface area contributed by atoms with E-state index < -0.39 is 0 Å². The number of carbonyl (C=O) groups excluding carboxylic acids is 1. The Morgan fingerprint density at radius 3 is 2.74 bits per heavy atom. The van der Waals surface area contributed by atoms with Crippen molar-refractivity contribution in [3.05, 3.63) is 0 Å². The van der Waals surface area contributed by atoms with Crippen LogP contribution in [0.2, 0.25) is 0 Å². The van der Waals surface area contributed by atoms with Gasteiger partial charge in [-0.05, 0) is 53.0 Å². The largest absolute Gasteiger partial charge is 0.464 e. The minimum atomic E-state index is -0.178. The highest BCUT2D eigenvalue weighted by molar-refractivity contribution is 5.65. The van der Waals surface area contributed by atoms with Crippen LogP contribution in [-0.4, -0.2) is 47.8 Å². The summed E-state index contributed by atoms with van der Waals surface area (Å²) in [6, 6.07) is 0.384. The lowest BCUT2D eigenvalue weighted by atomic mass is 9.95. The molecule has 0 aliphatic carbocycles. The first-order chi connectivity index (χ1) is 8.82. The molecule has 4 nitrogen and oxygen atoms in total. The van der Waals surface area contributed by atoms with Crippen LogP contribution in [0.5, 0.6) is 0 Å². The summed E-state index contributed by atoms with van der Waals surface area (Å²) in [7, 11) is 0. The molecule has 0 aromatic carbocycles. The number of carbonyl (C=O) groups is 1. The molecule has 2 aliphatic heterocycles. The van der Waals surface area contributed by atoms with E-state index in [9.17, 15) is 4.79 Å². The molecule has 0 unspecified atom stereocenters. The molecular weight excluding hydrogens is 242 g/mol. The average Bonchev–Trinajstić information content (AvgIpc) is 2.81. The predicted octanol–water partition coefficient (Wildman–Crippen LogP) is 2.36. The highest BCUT2D eigenvalue weighted by Crippen LogP contribution is 2.43. The Bertz CT molecular complexity index is 337. The quantitative estimate of drug-likeness (QED) is 0.734. The summed E-state index contributed by atoms with van der Waals surface area (Å²) in [6.45, 7) is 10.2. The lowest BCUT2D eigenvalue weighted by Crippen LogP contribution is -2.48. The average molecular weight is 269 g/mol. The summed E-state index contributed by atoms with van der Waals surface area (Å²) in [6.07, 6.45) is 4.71. The zero-order valence-corrected chi connectivity index (χ0v) is 12.7. The van der Waals surface area contributed by atoms with Gasteiger partial charge in [0.25, 0.3) is 0 Å². The standard InChI is InChI=1S/C15H27NO3/c1-12(17)18-10-13-6-8-15(7-5-9-16(13)15)11-19-14(2,3)4/h13H,5-11H2,1-4H3/t13-,15+/m1/s1. The van der Waals surface area contributed by atoms with Gasteiger partial charge in [-0.25, -0.2) is 0 Å². The Hall–Kier alpha value is -0.610. The summed E-state index contributed by atoms with van der Waals surface area (Å²) >= 11 is 0. The van der Waals surface area contributed by atoms with Gasteiger partial charge >= 0.3 is 5.97 Å². The first kappa shape index (κ1) is 14.8. The second-order valence-electron chi connectivity index (χ2n) is 6.92. The van der Waals surface area contributed by atoms with Gasteiger partial charge in [0.15, 0.2) is 0 Å². The molecule has 2 saturated heterocycles. The van der Waals surface area contributed by atoms with Crippen LogP contribution in [0.25, 0.3) is 0 Å². The normalized spacial score (nSPS) is 31.5. The first-order valence-corrected chi connectivity index (χ1v) is 7.36. The third-order valence-corrected chi connectivity index (χ3v) is 4.29. The second-order valence-corrected chi connectivity index (χ2v) is 6.92. The molecule has 19 heavy (non-hydrogen) atoms. The van der Waals surface area contributed by atoms with Gasteiger partial charge in [0.2, 0.25) is 0 Å².